The first kappa shape index (κ1) is 15.4. The number of aliphatic imine (C=N–C) groups is 1. The molecule has 5 heteroatoms. The van der Waals surface area contributed by atoms with Crippen molar-refractivity contribution >= 4 is 29.9 Å². The van der Waals surface area contributed by atoms with Gasteiger partial charge in [0.2, 0.25) is 0 Å². The van der Waals surface area contributed by atoms with E-state index in [-0.39, 0.29) is 24.0 Å². The average molecular weight is 379 g/mol. The van der Waals surface area contributed by atoms with Gasteiger partial charge in [0.15, 0.2) is 5.96 Å². The van der Waals surface area contributed by atoms with Crippen molar-refractivity contribution in [1.82, 2.24) is 5.32 Å². The Balaban J connectivity index is 0.00000133. The molecule has 3 unspecified atom stereocenters. The van der Waals surface area contributed by atoms with Crippen LogP contribution in [0.1, 0.15) is 45.4 Å². The predicted molar refractivity (Wildman–Crippen MR) is 87.9 cm³/mol. The molecule has 0 aromatic carbocycles. The zero-order chi connectivity index (χ0) is 12.6. The number of halogens is 1. The van der Waals surface area contributed by atoms with Crippen LogP contribution in [-0.2, 0) is 4.74 Å². The van der Waals surface area contributed by atoms with Crippen LogP contribution in [0.2, 0.25) is 0 Å². The second-order valence-corrected chi connectivity index (χ2v) is 6.07. The standard InChI is InChI=1S/C14H25N3O.HI/c1-2-8-16-13(15)17-11-10-5-9-18-12(10)14(11)6-3-4-7-14;/h10-12H,2-9H2,1H3,(H3,15,16,17);1H. The first-order valence-electron chi connectivity index (χ1n) is 7.46. The van der Waals surface area contributed by atoms with E-state index in [4.69, 9.17) is 10.5 Å². The van der Waals surface area contributed by atoms with Crippen LogP contribution in [0.5, 0.6) is 0 Å². The summed E-state index contributed by atoms with van der Waals surface area (Å²) in [6.45, 7) is 3.88. The third-order valence-electron chi connectivity index (χ3n) is 5.10. The van der Waals surface area contributed by atoms with Crippen LogP contribution in [0.25, 0.3) is 0 Å². The molecule has 0 aromatic rings. The van der Waals surface area contributed by atoms with Crippen LogP contribution in [0.15, 0.2) is 4.99 Å². The lowest BCUT2D eigenvalue weighted by molar-refractivity contribution is -0.124. The minimum absolute atomic E-state index is 0. The Morgan fingerprint density at radius 3 is 2.84 bits per heavy atom. The molecule has 3 aliphatic rings. The Morgan fingerprint density at radius 1 is 1.42 bits per heavy atom. The molecule has 1 spiro atoms. The van der Waals surface area contributed by atoms with Gasteiger partial charge in [-0.2, -0.15) is 0 Å². The summed E-state index contributed by atoms with van der Waals surface area (Å²) in [6.07, 6.45) is 8.02. The second kappa shape index (κ2) is 6.16. The van der Waals surface area contributed by atoms with E-state index in [0.29, 0.717) is 29.4 Å². The van der Waals surface area contributed by atoms with E-state index in [1.165, 1.54) is 32.1 Å². The fourth-order valence-electron chi connectivity index (χ4n) is 4.34. The van der Waals surface area contributed by atoms with Gasteiger partial charge in [-0.05, 0) is 25.7 Å². The zero-order valence-electron chi connectivity index (χ0n) is 11.7. The number of rotatable bonds is 3. The zero-order valence-corrected chi connectivity index (χ0v) is 14.1. The molecule has 1 heterocycles. The SMILES string of the molecule is CCCN=C(N)NC1C2CCOC2C12CCCC2.I. The smallest absolute Gasteiger partial charge is 0.188 e. The van der Waals surface area contributed by atoms with Gasteiger partial charge in [0, 0.05) is 30.5 Å². The van der Waals surface area contributed by atoms with E-state index in [2.05, 4.69) is 17.2 Å². The van der Waals surface area contributed by atoms with E-state index < -0.39 is 0 Å². The minimum atomic E-state index is 0. The monoisotopic (exact) mass is 379 g/mol. The number of nitrogens with one attached hydrogen (secondary N) is 1. The van der Waals surface area contributed by atoms with Gasteiger partial charge in [0.25, 0.3) is 0 Å². The summed E-state index contributed by atoms with van der Waals surface area (Å²) in [5.74, 6) is 1.30. The number of guanidine groups is 1. The molecule has 3 N–H and O–H groups in total. The molecule has 0 aromatic heterocycles. The molecular weight excluding hydrogens is 353 g/mol. The van der Waals surface area contributed by atoms with Gasteiger partial charge in [0.1, 0.15) is 0 Å². The summed E-state index contributed by atoms with van der Waals surface area (Å²) in [5, 5.41) is 3.50. The van der Waals surface area contributed by atoms with Crippen LogP contribution < -0.4 is 11.1 Å². The van der Waals surface area contributed by atoms with E-state index >= 15 is 0 Å². The van der Waals surface area contributed by atoms with Gasteiger partial charge in [0.05, 0.1) is 6.10 Å². The van der Waals surface area contributed by atoms with Crippen molar-refractivity contribution < 1.29 is 4.74 Å². The van der Waals surface area contributed by atoms with Gasteiger partial charge >= 0.3 is 0 Å². The van der Waals surface area contributed by atoms with Gasteiger partial charge < -0.3 is 15.8 Å². The molecule has 2 saturated carbocycles. The minimum Gasteiger partial charge on any atom is -0.377 e. The molecule has 110 valence electrons. The fraction of sp³-hybridized carbons (Fsp3) is 0.929. The van der Waals surface area contributed by atoms with Crippen LogP contribution in [0.4, 0.5) is 0 Å². The molecule has 2 aliphatic carbocycles. The Hall–Kier alpha value is -0.0400. The van der Waals surface area contributed by atoms with Crippen LogP contribution >= 0.6 is 24.0 Å². The van der Waals surface area contributed by atoms with Crippen molar-refractivity contribution in [2.45, 2.75) is 57.6 Å². The quantitative estimate of drug-likeness (QED) is 0.449. The number of hydrogen-bond acceptors (Lipinski definition) is 2. The summed E-state index contributed by atoms with van der Waals surface area (Å²) < 4.78 is 5.96. The molecule has 3 rings (SSSR count). The molecule has 19 heavy (non-hydrogen) atoms. The molecule has 0 amide bonds. The number of ether oxygens (including phenoxy) is 1. The predicted octanol–water partition coefficient (Wildman–Crippen LogP) is 2.27. The van der Waals surface area contributed by atoms with Crippen molar-refractivity contribution in [3.63, 3.8) is 0 Å². The molecule has 1 aliphatic heterocycles. The van der Waals surface area contributed by atoms with Gasteiger partial charge in [-0.25, -0.2) is 0 Å². The van der Waals surface area contributed by atoms with Gasteiger partial charge in [-0.1, -0.05) is 19.8 Å². The first-order chi connectivity index (χ1) is 8.78. The first-order valence-corrected chi connectivity index (χ1v) is 7.46. The number of hydrogen-bond donors (Lipinski definition) is 2. The van der Waals surface area contributed by atoms with Crippen molar-refractivity contribution in [2.75, 3.05) is 13.2 Å². The average Bonchev–Trinajstić information content (AvgIpc) is 3.00. The molecule has 4 nitrogen and oxygen atoms in total. The highest BCUT2D eigenvalue weighted by Crippen LogP contribution is 2.60. The molecule has 3 fully saturated rings. The van der Waals surface area contributed by atoms with Crippen LogP contribution in [0.3, 0.4) is 0 Å². The van der Waals surface area contributed by atoms with E-state index in [1.54, 1.807) is 0 Å². The maximum absolute atomic E-state index is 6.00. The molecule has 1 saturated heterocycles. The third kappa shape index (κ3) is 2.48. The summed E-state index contributed by atoms with van der Waals surface area (Å²) in [6, 6.07) is 0.508. The Bertz CT molecular complexity index is 342. The second-order valence-electron chi connectivity index (χ2n) is 6.07. The Labute approximate surface area is 133 Å². The summed E-state index contributed by atoms with van der Waals surface area (Å²) in [5.41, 5.74) is 6.37. The number of nitrogens with zero attached hydrogens (tertiary/aromatic N) is 1. The van der Waals surface area contributed by atoms with Crippen molar-refractivity contribution in [3.8, 4) is 0 Å². The van der Waals surface area contributed by atoms with Gasteiger partial charge in [-0.15, -0.1) is 24.0 Å². The number of fused-ring (bicyclic) bond motifs is 2. The molecule has 0 radical (unpaired) electrons. The van der Waals surface area contributed by atoms with Crippen molar-refractivity contribution in [1.29, 1.82) is 0 Å². The van der Waals surface area contributed by atoms with Crippen molar-refractivity contribution in [2.24, 2.45) is 22.1 Å². The van der Waals surface area contributed by atoms with Crippen molar-refractivity contribution in [3.05, 3.63) is 0 Å². The summed E-state index contributed by atoms with van der Waals surface area (Å²) in [4.78, 5) is 4.38. The fourth-order valence-corrected chi connectivity index (χ4v) is 4.34. The Kier molecular flexibility index (Phi) is 4.98. The van der Waals surface area contributed by atoms with E-state index in [9.17, 15) is 0 Å². The summed E-state index contributed by atoms with van der Waals surface area (Å²) in [7, 11) is 0. The van der Waals surface area contributed by atoms with Crippen LogP contribution in [-0.4, -0.2) is 31.3 Å². The lowest BCUT2D eigenvalue weighted by atomic mass is 9.54. The lowest BCUT2D eigenvalue weighted by Gasteiger charge is -2.57. The molecule has 3 atom stereocenters. The van der Waals surface area contributed by atoms with E-state index in [0.717, 1.165) is 19.6 Å². The topological polar surface area (TPSA) is 59.6 Å². The highest BCUT2D eigenvalue weighted by Gasteiger charge is 2.64. The summed E-state index contributed by atoms with van der Waals surface area (Å²) >= 11 is 0. The highest BCUT2D eigenvalue weighted by atomic mass is 127. The largest absolute Gasteiger partial charge is 0.377 e. The molecular formula is C14H26IN3O. The Morgan fingerprint density at radius 2 is 2.16 bits per heavy atom. The normalized spacial score (nSPS) is 35.6. The molecule has 0 bridgehead atoms. The number of nitrogens with two attached hydrogens (primary N) is 1. The lowest BCUT2D eigenvalue weighted by Crippen LogP contribution is -2.69. The van der Waals surface area contributed by atoms with E-state index in [1.807, 2.05) is 0 Å². The maximum atomic E-state index is 6.00. The third-order valence-corrected chi connectivity index (χ3v) is 5.10. The van der Waals surface area contributed by atoms with Crippen LogP contribution in [0, 0.1) is 11.3 Å². The highest BCUT2D eigenvalue weighted by molar-refractivity contribution is 14.0. The van der Waals surface area contributed by atoms with Gasteiger partial charge in [-0.3, -0.25) is 4.99 Å². The maximum Gasteiger partial charge on any atom is 0.188 e.